The quantitative estimate of drug-likeness (QED) is 0.781. The van der Waals surface area contributed by atoms with Gasteiger partial charge in [-0.3, -0.25) is 9.10 Å². The molecule has 0 bridgehead atoms. The molecular formula is C15H12Cl3FN2O3S. The Morgan fingerprint density at radius 3 is 2.24 bits per heavy atom. The first kappa shape index (κ1) is 19.8. The highest BCUT2D eigenvalue weighted by Gasteiger charge is 2.22. The number of rotatable bonds is 5. The Kier molecular flexibility index (Phi) is 6.16. The first-order valence-corrected chi connectivity index (χ1v) is 9.73. The molecule has 0 atom stereocenters. The molecule has 0 aromatic heterocycles. The Morgan fingerprint density at radius 1 is 1.12 bits per heavy atom. The van der Waals surface area contributed by atoms with Crippen LogP contribution in [0.4, 0.5) is 15.8 Å². The highest BCUT2D eigenvalue weighted by atomic mass is 35.5. The van der Waals surface area contributed by atoms with Crippen molar-refractivity contribution < 1.29 is 17.6 Å². The van der Waals surface area contributed by atoms with Gasteiger partial charge in [0.1, 0.15) is 12.4 Å². The maximum Gasteiger partial charge on any atom is 0.245 e. The van der Waals surface area contributed by atoms with Crippen LogP contribution in [0, 0.1) is 5.82 Å². The van der Waals surface area contributed by atoms with Crippen LogP contribution in [0.2, 0.25) is 15.1 Å². The summed E-state index contributed by atoms with van der Waals surface area (Å²) < 4.78 is 38.1. The number of carbonyl (C=O) groups is 1. The van der Waals surface area contributed by atoms with Gasteiger partial charge in [0.15, 0.2) is 0 Å². The highest BCUT2D eigenvalue weighted by molar-refractivity contribution is 7.92. The zero-order chi connectivity index (χ0) is 18.8. The van der Waals surface area contributed by atoms with Crippen molar-refractivity contribution in [3.63, 3.8) is 0 Å². The molecule has 0 radical (unpaired) electrons. The molecule has 2 aromatic rings. The molecule has 0 unspecified atom stereocenters. The fourth-order valence-corrected chi connectivity index (χ4v) is 3.52. The van der Waals surface area contributed by atoms with Gasteiger partial charge in [-0.1, -0.05) is 34.8 Å². The number of sulfonamides is 1. The average Bonchev–Trinajstić information content (AvgIpc) is 2.46. The number of carbonyl (C=O) groups excluding carboxylic acids is 1. The van der Waals surface area contributed by atoms with Gasteiger partial charge in [-0.15, -0.1) is 0 Å². The van der Waals surface area contributed by atoms with E-state index in [0.29, 0.717) is 0 Å². The van der Waals surface area contributed by atoms with E-state index < -0.39 is 28.3 Å². The predicted molar refractivity (Wildman–Crippen MR) is 98.7 cm³/mol. The molecule has 0 aliphatic heterocycles. The third kappa shape index (κ3) is 5.47. The lowest BCUT2D eigenvalue weighted by Gasteiger charge is -2.22. The number of nitrogens with zero attached hydrogens (tertiary/aromatic N) is 1. The van der Waals surface area contributed by atoms with Gasteiger partial charge in [0.2, 0.25) is 15.9 Å². The van der Waals surface area contributed by atoms with E-state index in [4.69, 9.17) is 34.8 Å². The summed E-state index contributed by atoms with van der Waals surface area (Å²) in [6, 6.07) is 7.79. The average molecular weight is 426 g/mol. The lowest BCUT2D eigenvalue weighted by atomic mass is 10.3. The Bertz CT molecular complexity index is 902. The van der Waals surface area contributed by atoms with Gasteiger partial charge in [0.25, 0.3) is 0 Å². The summed E-state index contributed by atoms with van der Waals surface area (Å²) in [5, 5.41) is 2.73. The van der Waals surface area contributed by atoms with Crippen molar-refractivity contribution in [1.82, 2.24) is 0 Å². The van der Waals surface area contributed by atoms with E-state index in [9.17, 15) is 17.6 Å². The van der Waals surface area contributed by atoms with Gasteiger partial charge in [0.05, 0.1) is 17.0 Å². The first-order chi connectivity index (χ1) is 11.6. The van der Waals surface area contributed by atoms with Gasteiger partial charge in [0, 0.05) is 15.7 Å². The summed E-state index contributed by atoms with van der Waals surface area (Å²) >= 11 is 17.4. The molecule has 0 aliphatic rings. The van der Waals surface area contributed by atoms with Crippen molar-refractivity contribution in [3.8, 4) is 0 Å². The largest absolute Gasteiger partial charge is 0.324 e. The number of halogens is 4. The molecule has 0 heterocycles. The summed E-state index contributed by atoms with van der Waals surface area (Å²) in [6.45, 7) is -0.523. The molecule has 0 saturated heterocycles. The smallest absolute Gasteiger partial charge is 0.245 e. The van der Waals surface area contributed by atoms with Gasteiger partial charge in [-0.05, 0) is 36.4 Å². The molecule has 2 aromatic carbocycles. The minimum absolute atomic E-state index is 0.146. The van der Waals surface area contributed by atoms with Crippen LogP contribution in [0.1, 0.15) is 0 Å². The fourth-order valence-electron chi connectivity index (χ4n) is 1.99. The van der Waals surface area contributed by atoms with E-state index in [1.54, 1.807) is 0 Å². The van der Waals surface area contributed by atoms with Crippen LogP contribution in [0.25, 0.3) is 0 Å². The van der Waals surface area contributed by atoms with Crippen LogP contribution in [0.15, 0.2) is 36.4 Å². The topological polar surface area (TPSA) is 66.5 Å². The highest BCUT2D eigenvalue weighted by Crippen LogP contribution is 2.27. The summed E-state index contributed by atoms with van der Waals surface area (Å²) in [6.07, 6.45) is 0.948. The molecule has 10 heteroatoms. The molecule has 0 fully saturated rings. The Balaban J connectivity index is 2.25. The Hall–Kier alpha value is -1.54. The van der Waals surface area contributed by atoms with E-state index in [0.717, 1.165) is 16.6 Å². The zero-order valence-electron chi connectivity index (χ0n) is 12.8. The standard InChI is InChI=1S/C15H12Cl3FN2O3S/c1-25(23,24)21(12-5-9(16)4-10(17)6-12)8-15(22)20-11-2-3-14(19)13(18)7-11/h2-7H,8H2,1H3,(H,20,22). The van der Waals surface area contributed by atoms with Gasteiger partial charge >= 0.3 is 0 Å². The SMILES string of the molecule is CS(=O)(=O)N(CC(=O)Nc1ccc(F)c(Cl)c1)c1cc(Cl)cc(Cl)c1. The van der Waals surface area contributed by atoms with E-state index in [1.165, 1.54) is 30.3 Å². The molecule has 2 rings (SSSR count). The van der Waals surface area contributed by atoms with Crippen LogP contribution in [-0.2, 0) is 14.8 Å². The summed E-state index contributed by atoms with van der Waals surface area (Å²) in [5.41, 5.74) is 0.376. The van der Waals surface area contributed by atoms with Crippen LogP contribution < -0.4 is 9.62 Å². The molecule has 5 nitrogen and oxygen atoms in total. The lowest BCUT2D eigenvalue weighted by molar-refractivity contribution is -0.114. The number of hydrogen-bond acceptors (Lipinski definition) is 3. The molecule has 1 amide bonds. The number of hydrogen-bond donors (Lipinski definition) is 1. The molecule has 1 N–H and O–H groups in total. The van der Waals surface area contributed by atoms with E-state index in [2.05, 4.69) is 5.32 Å². The van der Waals surface area contributed by atoms with E-state index in [1.807, 2.05) is 0 Å². The van der Waals surface area contributed by atoms with E-state index >= 15 is 0 Å². The Labute approximate surface area is 159 Å². The zero-order valence-corrected chi connectivity index (χ0v) is 15.8. The number of benzene rings is 2. The number of nitrogens with one attached hydrogen (secondary N) is 1. The van der Waals surface area contributed by atoms with Crippen molar-refractivity contribution in [2.24, 2.45) is 0 Å². The predicted octanol–water partition coefficient (Wildman–Crippen LogP) is 4.19. The van der Waals surface area contributed by atoms with Crippen LogP contribution >= 0.6 is 34.8 Å². The maximum atomic E-state index is 13.1. The second-order valence-electron chi connectivity index (χ2n) is 5.07. The van der Waals surface area contributed by atoms with Crippen molar-refractivity contribution in [2.75, 3.05) is 22.4 Å². The van der Waals surface area contributed by atoms with Crippen LogP contribution in [-0.4, -0.2) is 27.1 Å². The van der Waals surface area contributed by atoms with Crippen molar-refractivity contribution >= 4 is 62.1 Å². The molecule has 0 spiro atoms. The summed E-state index contributed by atoms with van der Waals surface area (Å²) in [4.78, 5) is 12.2. The van der Waals surface area contributed by atoms with Crippen molar-refractivity contribution in [3.05, 3.63) is 57.3 Å². The molecule has 0 saturated carbocycles. The van der Waals surface area contributed by atoms with Crippen LogP contribution in [0.3, 0.4) is 0 Å². The lowest BCUT2D eigenvalue weighted by Crippen LogP contribution is -2.37. The van der Waals surface area contributed by atoms with Crippen LogP contribution in [0.5, 0.6) is 0 Å². The summed E-state index contributed by atoms with van der Waals surface area (Å²) in [7, 11) is -3.78. The number of anilines is 2. The minimum atomic E-state index is -3.78. The molecular weight excluding hydrogens is 414 g/mol. The second-order valence-corrected chi connectivity index (χ2v) is 8.26. The second kappa shape index (κ2) is 7.78. The molecule has 0 aliphatic carbocycles. The Morgan fingerprint density at radius 2 is 1.72 bits per heavy atom. The normalized spacial score (nSPS) is 11.2. The van der Waals surface area contributed by atoms with Crippen molar-refractivity contribution in [2.45, 2.75) is 0 Å². The van der Waals surface area contributed by atoms with E-state index in [-0.39, 0.29) is 26.4 Å². The first-order valence-electron chi connectivity index (χ1n) is 6.75. The third-order valence-electron chi connectivity index (χ3n) is 3.03. The fraction of sp³-hybridized carbons (Fsp3) is 0.133. The molecule has 134 valence electrons. The molecule has 25 heavy (non-hydrogen) atoms. The monoisotopic (exact) mass is 424 g/mol. The van der Waals surface area contributed by atoms with Crippen molar-refractivity contribution in [1.29, 1.82) is 0 Å². The summed E-state index contributed by atoms with van der Waals surface area (Å²) in [5.74, 6) is -1.28. The van der Waals surface area contributed by atoms with Gasteiger partial charge in [-0.2, -0.15) is 0 Å². The number of amides is 1. The maximum absolute atomic E-state index is 13.1. The van der Waals surface area contributed by atoms with Gasteiger partial charge in [-0.25, -0.2) is 12.8 Å². The minimum Gasteiger partial charge on any atom is -0.324 e. The van der Waals surface area contributed by atoms with Gasteiger partial charge < -0.3 is 5.32 Å². The third-order valence-corrected chi connectivity index (χ3v) is 4.89.